The maximum atomic E-state index is 12.4. The van der Waals surface area contributed by atoms with Crippen LogP contribution in [0.5, 0.6) is 0 Å². The molecule has 1 N–H and O–H groups in total. The van der Waals surface area contributed by atoms with Gasteiger partial charge in [-0.25, -0.2) is 0 Å². The Morgan fingerprint density at radius 1 is 1.17 bits per heavy atom. The first-order valence-corrected chi connectivity index (χ1v) is 8.69. The van der Waals surface area contributed by atoms with Gasteiger partial charge in [0.1, 0.15) is 10.6 Å². The number of benzene rings is 2. The maximum Gasteiger partial charge on any atom is 0.265 e. The zero-order chi connectivity index (χ0) is 16.2. The molecular weight excluding hydrogens is 398 g/mol. The minimum Gasteiger partial charge on any atom is -0.347 e. The molecule has 1 heterocycles. The van der Waals surface area contributed by atoms with E-state index in [9.17, 15) is 4.79 Å². The lowest BCUT2D eigenvalue weighted by molar-refractivity contribution is 0.0955. The molecule has 0 aliphatic carbocycles. The SMILES string of the molecule is O=C(NCc1ccccc1Cl)c1snnc1-c1ccc(Br)cc1. The highest BCUT2D eigenvalue weighted by molar-refractivity contribution is 9.10. The predicted molar refractivity (Wildman–Crippen MR) is 95.7 cm³/mol. The van der Waals surface area contributed by atoms with Crippen molar-refractivity contribution in [2.24, 2.45) is 0 Å². The van der Waals surface area contributed by atoms with E-state index >= 15 is 0 Å². The van der Waals surface area contributed by atoms with Crippen molar-refractivity contribution in [3.8, 4) is 11.3 Å². The summed E-state index contributed by atoms with van der Waals surface area (Å²) >= 11 is 10.6. The number of nitrogens with zero attached hydrogens (tertiary/aromatic N) is 2. The third-order valence-electron chi connectivity index (χ3n) is 3.21. The van der Waals surface area contributed by atoms with Gasteiger partial charge < -0.3 is 5.32 Å². The highest BCUT2D eigenvalue weighted by Crippen LogP contribution is 2.25. The molecule has 0 aliphatic rings. The number of carbonyl (C=O) groups excluding carboxylic acids is 1. The Balaban J connectivity index is 1.77. The van der Waals surface area contributed by atoms with Gasteiger partial charge in [-0.15, -0.1) is 5.10 Å². The number of rotatable bonds is 4. The van der Waals surface area contributed by atoms with Gasteiger partial charge in [-0.1, -0.05) is 62.4 Å². The normalized spacial score (nSPS) is 10.5. The second kappa shape index (κ2) is 7.21. The number of halogens is 2. The Labute approximate surface area is 150 Å². The molecule has 0 atom stereocenters. The van der Waals surface area contributed by atoms with Crippen LogP contribution < -0.4 is 5.32 Å². The summed E-state index contributed by atoms with van der Waals surface area (Å²) in [6.07, 6.45) is 0. The first kappa shape index (κ1) is 16.1. The zero-order valence-electron chi connectivity index (χ0n) is 11.8. The van der Waals surface area contributed by atoms with Crippen molar-refractivity contribution in [2.75, 3.05) is 0 Å². The molecule has 0 fully saturated rings. The van der Waals surface area contributed by atoms with Crippen LogP contribution in [0.15, 0.2) is 53.0 Å². The quantitative estimate of drug-likeness (QED) is 0.689. The number of hydrogen-bond donors (Lipinski definition) is 1. The van der Waals surface area contributed by atoms with Gasteiger partial charge in [0, 0.05) is 21.6 Å². The van der Waals surface area contributed by atoms with E-state index < -0.39 is 0 Å². The second-order valence-corrected chi connectivity index (χ2v) is 6.81. The van der Waals surface area contributed by atoms with Gasteiger partial charge >= 0.3 is 0 Å². The van der Waals surface area contributed by atoms with Gasteiger partial charge in [-0.3, -0.25) is 4.79 Å². The number of nitrogens with one attached hydrogen (secondary N) is 1. The minimum absolute atomic E-state index is 0.210. The van der Waals surface area contributed by atoms with Crippen molar-refractivity contribution in [2.45, 2.75) is 6.54 Å². The molecule has 1 aromatic heterocycles. The smallest absolute Gasteiger partial charge is 0.265 e. The topological polar surface area (TPSA) is 54.9 Å². The van der Waals surface area contributed by atoms with Crippen LogP contribution in [0.3, 0.4) is 0 Å². The molecule has 0 saturated carbocycles. The molecule has 3 rings (SSSR count). The fourth-order valence-electron chi connectivity index (χ4n) is 2.03. The molecule has 0 unspecified atom stereocenters. The lowest BCUT2D eigenvalue weighted by atomic mass is 10.1. The molecule has 0 spiro atoms. The van der Waals surface area contributed by atoms with Crippen LogP contribution in [-0.2, 0) is 6.54 Å². The van der Waals surface area contributed by atoms with E-state index in [4.69, 9.17) is 11.6 Å². The molecule has 0 aliphatic heterocycles. The predicted octanol–water partition coefficient (Wildman–Crippen LogP) is 4.55. The summed E-state index contributed by atoms with van der Waals surface area (Å²) in [7, 11) is 0. The van der Waals surface area contributed by atoms with Crippen LogP contribution in [0.1, 0.15) is 15.2 Å². The fraction of sp³-hybridized carbons (Fsp3) is 0.0625. The molecule has 0 bridgehead atoms. The Kier molecular flexibility index (Phi) is 5.05. The summed E-state index contributed by atoms with van der Waals surface area (Å²) in [6, 6.07) is 15.0. The van der Waals surface area contributed by atoms with Crippen LogP contribution in [0.2, 0.25) is 5.02 Å². The number of amides is 1. The van der Waals surface area contributed by atoms with Crippen LogP contribution in [0.4, 0.5) is 0 Å². The summed E-state index contributed by atoms with van der Waals surface area (Å²) in [4.78, 5) is 12.9. The van der Waals surface area contributed by atoms with Crippen molar-refractivity contribution >= 4 is 45.0 Å². The summed E-state index contributed by atoms with van der Waals surface area (Å²) in [6.45, 7) is 0.357. The first-order valence-electron chi connectivity index (χ1n) is 6.75. The van der Waals surface area contributed by atoms with Crippen LogP contribution in [0, 0.1) is 0 Å². The van der Waals surface area contributed by atoms with E-state index in [1.54, 1.807) is 6.07 Å². The van der Waals surface area contributed by atoms with Crippen molar-refractivity contribution in [1.82, 2.24) is 14.9 Å². The van der Waals surface area contributed by atoms with Gasteiger partial charge in [0.05, 0.1) is 0 Å². The second-order valence-electron chi connectivity index (χ2n) is 4.73. The molecule has 4 nitrogen and oxygen atoms in total. The average molecular weight is 409 g/mol. The molecule has 3 aromatic rings. The van der Waals surface area contributed by atoms with E-state index in [-0.39, 0.29) is 5.91 Å². The van der Waals surface area contributed by atoms with Crippen molar-refractivity contribution in [3.05, 3.63) is 68.5 Å². The highest BCUT2D eigenvalue weighted by atomic mass is 79.9. The van der Waals surface area contributed by atoms with Crippen molar-refractivity contribution in [1.29, 1.82) is 0 Å². The number of carbonyl (C=O) groups is 1. The van der Waals surface area contributed by atoms with Gasteiger partial charge in [0.2, 0.25) is 0 Å². The molecule has 0 radical (unpaired) electrons. The van der Waals surface area contributed by atoms with E-state index in [0.29, 0.717) is 22.1 Å². The van der Waals surface area contributed by atoms with Crippen LogP contribution in [0.25, 0.3) is 11.3 Å². The number of aromatic nitrogens is 2. The lowest BCUT2D eigenvalue weighted by Crippen LogP contribution is -2.22. The number of hydrogen-bond acceptors (Lipinski definition) is 4. The van der Waals surface area contributed by atoms with Crippen LogP contribution in [-0.4, -0.2) is 15.5 Å². The summed E-state index contributed by atoms with van der Waals surface area (Å²) in [5, 5.41) is 7.57. The Morgan fingerprint density at radius 2 is 1.91 bits per heavy atom. The molecule has 0 saturated heterocycles. The lowest BCUT2D eigenvalue weighted by Gasteiger charge is -2.06. The molecular formula is C16H11BrClN3OS. The van der Waals surface area contributed by atoms with Crippen molar-refractivity contribution < 1.29 is 4.79 Å². The monoisotopic (exact) mass is 407 g/mol. The molecule has 2 aromatic carbocycles. The third-order valence-corrected chi connectivity index (χ3v) is 4.83. The van der Waals surface area contributed by atoms with E-state index in [0.717, 1.165) is 27.1 Å². The highest BCUT2D eigenvalue weighted by Gasteiger charge is 2.17. The summed E-state index contributed by atoms with van der Waals surface area (Å²) < 4.78 is 4.87. The third kappa shape index (κ3) is 3.77. The zero-order valence-corrected chi connectivity index (χ0v) is 15.0. The van der Waals surface area contributed by atoms with Gasteiger partial charge in [0.15, 0.2) is 0 Å². The van der Waals surface area contributed by atoms with Crippen molar-refractivity contribution in [3.63, 3.8) is 0 Å². The molecule has 23 heavy (non-hydrogen) atoms. The largest absolute Gasteiger partial charge is 0.347 e. The molecule has 7 heteroatoms. The first-order chi connectivity index (χ1) is 11.1. The maximum absolute atomic E-state index is 12.4. The standard InChI is InChI=1S/C16H11BrClN3OS/c17-12-7-5-10(6-8-12)14-15(23-21-20-14)16(22)19-9-11-3-1-2-4-13(11)18/h1-8H,9H2,(H,19,22). The van der Waals surface area contributed by atoms with Gasteiger partial charge in [-0.2, -0.15) is 0 Å². The van der Waals surface area contributed by atoms with E-state index in [1.807, 2.05) is 42.5 Å². The van der Waals surface area contributed by atoms with Crippen LogP contribution >= 0.6 is 39.1 Å². The fourth-order valence-corrected chi connectivity index (χ4v) is 3.11. The summed E-state index contributed by atoms with van der Waals surface area (Å²) in [5.74, 6) is -0.210. The molecule has 116 valence electrons. The van der Waals surface area contributed by atoms with Gasteiger partial charge in [-0.05, 0) is 35.3 Å². The van der Waals surface area contributed by atoms with E-state index in [1.165, 1.54) is 0 Å². The molecule has 1 amide bonds. The Bertz CT molecular complexity index is 835. The Hall–Kier alpha value is -1.76. The summed E-state index contributed by atoms with van der Waals surface area (Å²) in [5.41, 5.74) is 2.30. The Morgan fingerprint density at radius 3 is 2.65 bits per heavy atom. The minimum atomic E-state index is -0.210. The van der Waals surface area contributed by atoms with Gasteiger partial charge in [0.25, 0.3) is 5.91 Å². The van der Waals surface area contributed by atoms with E-state index in [2.05, 4.69) is 30.8 Å². The average Bonchev–Trinajstić information content (AvgIpc) is 3.04.